The van der Waals surface area contributed by atoms with Crippen molar-refractivity contribution < 1.29 is 18.8 Å². The van der Waals surface area contributed by atoms with Gasteiger partial charge in [-0.3, -0.25) is 14.6 Å². The van der Waals surface area contributed by atoms with E-state index in [0.29, 0.717) is 37.8 Å². The van der Waals surface area contributed by atoms with Gasteiger partial charge in [0.25, 0.3) is 0 Å². The fourth-order valence-electron chi connectivity index (χ4n) is 4.78. The maximum Gasteiger partial charge on any atom is 0.230 e. The van der Waals surface area contributed by atoms with Gasteiger partial charge in [-0.1, -0.05) is 23.4 Å². The van der Waals surface area contributed by atoms with Crippen molar-refractivity contribution in [2.45, 2.75) is 31.6 Å². The molecule has 2 amide bonds. The van der Waals surface area contributed by atoms with Gasteiger partial charge in [0, 0.05) is 45.9 Å². The molecule has 156 valence electrons. The van der Waals surface area contributed by atoms with Crippen molar-refractivity contribution in [3.8, 4) is 0 Å². The summed E-state index contributed by atoms with van der Waals surface area (Å²) < 4.78 is 11.2. The number of hydrogen-bond donors (Lipinski definition) is 0. The highest BCUT2D eigenvalue weighted by Gasteiger charge is 2.67. The zero-order chi connectivity index (χ0) is 20.9. The maximum atomic E-state index is 13.3. The molecule has 2 aromatic heterocycles. The molecule has 9 heteroatoms. The van der Waals surface area contributed by atoms with Crippen molar-refractivity contribution in [2.75, 3.05) is 20.1 Å². The Hall–Kier alpha value is -3.07. The van der Waals surface area contributed by atoms with Crippen LogP contribution in [-0.4, -0.2) is 68.6 Å². The Balaban J connectivity index is 1.31. The largest absolute Gasteiger partial charge is 0.360 e. The van der Waals surface area contributed by atoms with E-state index in [9.17, 15) is 9.59 Å². The zero-order valence-electron chi connectivity index (χ0n) is 16.9. The predicted octanol–water partition coefficient (Wildman–Crippen LogP) is 0.756. The minimum absolute atomic E-state index is 0.0359. The molecule has 3 aliphatic heterocycles. The molecule has 2 bridgehead atoms. The number of carbonyl (C=O) groups excluding carboxylic acids is 2. The summed E-state index contributed by atoms with van der Waals surface area (Å²) in [6.45, 7) is 3.08. The third kappa shape index (κ3) is 3.00. The van der Waals surface area contributed by atoms with E-state index in [2.05, 4.69) is 15.1 Å². The highest BCUT2D eigenvalue weighted by atomic mass is 16.5. The third-order valence-electron chi connectivity index (χ3n) is 6.18. The van der Waals surface area contributed by atoms with Gasteiger partial charge < -0.3 is 19.1 Å². The van der Waals surface area contributed by atoms with Crippen LogP contribution in [0.1, 0.15) is 17.3 Å². The summed E-state index contributed by atoms with van der Waals surface area (Å²) in [7, 11) is 1.74. The molecule has 0 N–H and O–H groups in total. The smallest absolute Gasteiger partial charge is 0.230 e. The fraction of sp³-hybridized carbons (Fsp3) is 0.476. The van der Waals surface area contributed by atoms with Gasteiger partial charge in [-0.05, 0) is 11.6 Å². The molecule has 2 aromatic rings. The molecular weight excluding hydrogens is 386 g/mol. The molecule has 9 nitrogen and oxygen atoms in total. The van der Waals surface area contributed by atoms with Gasteiger partial charge in [0.2, 0.25) is 17.7 Å². The first kappa shape index (κ1) is 18.9. The average molecular weight is 409 g/mol. The van der Waals surface area contributed by atoms with Crippen molar-refractivity contribution in [3.63, 3.8) is 0 Å². The van der Waals surface area contributed by atoms with Crippen LogP contribution >= 0.6 is 0 Å². The van der Waals surface area contributed by atoms with Gasteiger partial charge in [0.05, 0.1) is 24.5 Å². The topological polar surface area (TPSA) is 102 Å². The summed E-state index contributed by atoms with van der Waals surface area (Å²) in [6, 6.07) is 3.79. The van der Waals surface area contributed by atoms with Gasteiger partial charge in [0.15, 0.2) is 5.82 Å². The number of amides is 2. The highest BCUT2D eigenvalue weighted by molar-refractivity contribution is 5.93. The second kappa shape index (κ2) is 7.02. The van der Waals surface area contributed by atoms with Gasteiger partial charge in [-0.2, -0.15) is 4.98 Å². The predicted molar refractivity (Wildman–Crippen MR) is 104 cm³/mol. The number of likely N-dealkylation sites (N-methyl/N-ethyl adjacent to an activating group) is 1. The lowest BCUT2D eigenvalue weighted by atomic mass is 9.76. The number of hydrogen-bond acceptors (Lipinski definition) is 7. The van der Waals surface area contributed by atoms with Gasteiger partial charge >= 0.3 is 0 Å². The summed E-state index contributed by atoms with van der Waals surface area (Å²) in [5, 5.41) is 3.87. The number of rotatable bonds is 6. The molecule has 0 saturated carbocycles. The number of ether oxygens (including phenoxy) is 1. The van der Waals surface area contributed by atoms with Crippen LogP contribution in [0.25, 0.3) is 0 Å². The van der Waals surface area contributed by atoms with Gasteiger partial charge in [-0.25, -0.2) is 0 Å². The number of aromatic nitrogens is 3. The van der Waals surface area contributed by atoms with Crippen molar-refractivity contribution >= 4 is 11.8 Å². The first-order valence-corrected chi connectivity index (χ1v) is 10.1. The lowest BCUT2D eigenvalue weighted by molar-refractivity contribution is -0.142. The number of fused-ring (bicyclic) bond motifs is 1. The van der Waals surface area contributed by atoms with Crippen molar-refractivity contribution in [1.29, 1.82) is 0 Å². The fourth-order valence-corrected chi connectivity index (χ4v) is 4.78. The maximum absolute atomic E-state index is 13.3. The Morgan fingerprint density at radius 1 is 1.43 bits per heavy atom. The molecule has 5 heterocycles. The summed E-state index contributed by atoms with van der Waals surface area (Å²) >= 11 is 0. The first-order valence-electron chi connectivity index (χ1n) is 10.1. The standard InChI is InChI=1S/C21H23N5O4/c1-13-23-16(24-30-13)6-9-25(2)19(27)17-15-5-7-21(29-15)12-26(20(28)18(17)21)11-14-4-3-8-22-10-14/h3-5,7-8,10,15,17-18H,6,9,11-12H2,1-2H3/t15-,17?,18?,21-/m1/s1. The van der Waals surface area contributed by atoms with Crippen LogP contribution in [0.2, 0.25) is 0 Å². The van der Waals surface area contributed by atoms with E-state index in [1.807, 2.05) is 24.3 Å². The Labute approximate surface area is 173 Å². The minimum atomic E-state index is -0.712. The molecule has 2 fully saturated rings. The second-order valence-corrected chi connectivity index (χ2v) is 8.19. The van der Waals surface area contributed by atoms with E-state index in [0.717, 1.165) is 5.56 Å². The SMILES string of the molecule is Cc1nc(CCN(C)C(=O)C2C3C(=O)N(Cc4cccnc4)C[C@]34C=C[C@H]2O4)no1. The molecule has 2 saturated heterocycles. The van der Waals surface area contributed by atoms with Gasteiger partial charge in [-0.15, -0.1) is 0 Å². The van der Waals surface area contributed by atoms with Crippen LogP contribution in [0.15, 0.2) is 41.2 Å². The molecule has 4 atom stereocenters. The molecule has 0 radical (unpaired) electrons. The normalized spacial score (nSPS) is 28.9. The molecular formula is C21H23N5O4. The highest BCUT2D eigenvalue weighted by Crippen LogP contribution is 2.52. The Bertz CT molecular complexity index is 1010. The summed E-state index contributed by atoms with van der Waals surface area (Å²) in [5.74, 6) is -0.0747. The van der Waals surface area contributed by atoms with Gasteiger partial charge in [0.1, 0.15) is 5.60 Å². The Kier molecular flexibility index (Phi) is 4.43. The number of aryl methyl sites for hydroxylation is 1. The summed E-state index contributed by atoms with van der Waals surface area (Å²) in [6.07, 6.45) is 7.48. The van der Waals surface area contributed by atoms with Crippen molar-refractivity contribution in [3.05, 3.63) is 54.0 Å². The van der Waals surface area contributed by atoms with Crippen molar-refractivity contribution in [1.82, 2.24) is 24.9 Å². The Morgan fingerprint density at radius 2 is 2.30 bits per heavy atom. The molecule has 0 aliphatic carbocycles. The van der Waals surface area contributed by atoms with E-state index >= 15 is 0 Å². The molecule has 3 aliphatic rings. The number of nitrogens with zero attached hydrogens (tertiary/aromatic N) is 5. The zero-order valence-corrected chi connectivity index (χ0v) is 16.9. The lowest BCUT2D eigenvalue weighted by Crippen LogP contribution is -2.45. The third-order valence-corrected chi connectivity index (χ3v) is 6.18. The van der Waals surface area contributed by atoms with Crippen LogP contribution in [0.4, 0.5) is 0 Å². The van der Waals surface area contributed by atoms with E-state index in [-0.39, 0.29) is 17.9 Å². The Morgan fingerprint density at radius 3 is 3.03 bits per heavy atom. The molecule has 1 spiro atoms. The van der Waals surface area contributed by atoms with Crippen LogP contribution in [0.5, 0.6) is 0 Å². The second-order valence-electron chi connectivity index (χ2n) is 8.19. The number of pyridine rings is 1. The van der Waals surface area contributed by atoms with Crippen LogP contribution in [0, 0.1) is 18.8 Å². The minimum Gasteiger partial charge on any atom is -0.360 e. The summed E-state index contributed by atoms with van der Waals surface area (Å²) in [4.78, 5) is 38.3. The van der Waals surface area contributed by atoms with E-state index in [4.69, 9.17) is 9.26 Å². The van der Waals surface area contributed by atoms with E-state index in [1.165, 1.54) is 0 Å². The quantitative estimate of drug-likeness (QED) is 0.649. The number of likely N-dealkylation sites (tertiary alicyclic amines) is 1. The van der Waals surface area contributed by atoms with E-state index in [1.54, 1.807) is 36.2 Å². The lowest BCUT2D eigenvalue weighted by Gasteiger charge is -2.27. The first-order chi connectivity index (χ1) is 14.5. The molecule has 2 unspecified atom stereocenters. The summed E-state index contributed by atoms with van der Waals surface area (Å²) in [5.41, 5.74) is 0.242. The molecule has 30 heavy (non-hydrogen) atoms. The van der Waals surface area contributed by atoms with Crippen LogP contribution in [0.3, 0.4) is 0 Å². The number of carbonyl (C=O) groups is 2. The van der Waals surface area contributed by atoms with Crippen LogP contribution in [-0.2, 0) is 27.3 Å². The molecule has 5 rings (SSSR count). The van der Waals surface area contributed by atoms with E-state index < -0.39 is 17.4 Å². The molecule has 0 aromatic carbocycles. The van der Waals surface area contributed by atoms with Crippen molar-refractivity contribution in [2.24, 2.45) is 11.8 Å². The monoisotopic (exact) mass is 409 g/mol. The van der Waals surface area contributed by atoms with Crippen LogP contribution < -0.4 is 0 Å². The average Bonchev–Trinajstić information content (AvgIpc) is 3.48.